The molecule has 0 saturated heterocycles. The fourth-order valence-electron chi connectivity index (χ4n) is 2.66. The van der Waals surface area contributed by atoms with Gasteiger partial charge in [0.05, 0.1) is 11.3 Å². The molecule has 0 aliphatic carbocycles. The Balaban J connectivity index is 2.03. The molecule has 8 heteroatoms. The number of aryl methyl sites for hydroxylation is 1. The van der Waals surface area contributed by atoms with Gasteiger partial charge in [-0.3, -0.25) is 4.79 Å². The fourth-order valence-corrected chi connectivity index (χ4v) is 2.83. The summed E-state index contributed by atoms with van der Waals surface area (Å²) in [6, 6.07) is -0.0544. The molecule has 0 unspecified atom stereocenters. The van der Waals surface area contributed by atoms with Crippen LogP contribution in [0.1, 0.15) is 56.6 Å². The number of nitrogens with zero attached hydrogens (tertiary/aromatic N) is 3. The molecule has 1 aliphatic heterocycles. The second kappa shape index (κ2) is 7.47. The molecule has 0 saturated carbocycles. The average molecular weight is 368 g/mol. The number of carbonyl (C=O) groups is 2. The molecule has 136 valence electrons. The van der Waals surface area contributed by atoms with E-state index in [9.17, 15) is 9.59 Å². The second-order valence-electron chi connectivity index (χ2n) is 7.17. The van der Waals surface area contributed by atoms with Crippen molar-refractivity contribution in [3.8, 4) is 0 Å². The minimum atomic E-state index is -0.533. The van der Waals surface area contributed by atoms with E-state index in [1.165, 1.54) is 6.20 Å². The summed E-state index contributed by atoms with van der Waals surface area (Å²) >= 11 is 5.72. The lowest BCUT2D eigenvalue weighted by Crippen LogP contribution is -2.45. The molecule has 0 radical (unpaired) electrons. The van der Waals surface area contributed by atoms with Gasteiger partial charge < -0.3 is 10.1 Å². The van der Waals surface area contributed by atoms with Crippen molar-refractivity contribution in [3.63, 3.8) is 0 Å². The Morgan fingerprint density at radius 2 is 2.04 bits per heavy atom. The van der Waals surface area contributed by atoms with E-state index >= 15 is 0 Å². The third-order valence-corrected chi connectivity index (χ3v) is 4.03. The maximum absolute atomic E-state index is 12.4. The molecule has 2 amide bonds. The maximum atomic E-state index is 12.4. The number of hydrogen-bond donors (Lipinski definition) is 1. The van der Waals surface area contributed by atoms with Gasteiger partial charge in [-0.1, -0.05) is 0 Å². The van der Waals surface area contributed by atoms with Crippen molar-refractivity contribution in [1.82, 2.24) is 15.3 Å². The van der Waals surface area contributed by atoms with Gasteiger partial charge in [-0.2, -0.15) is 4.79 Å². The smallest absolute Gasteiger partial charge is 0.406 e. The van der Waals surface area contributed by atoms with Crippen molar-refractivity contribution in [2.24, 2.45) is 0 Å². The number of ether oxygens (including phenoxy) is 1. The highest BCUT2D eigenvalue weighted by Gasteiger charge is 2.34. The molecule has 1 aromatic heterocycles. The summed E-state index contributed by atoms with van der Waals surface area (Å²) in [7, 11) is 0. The Morgan fingerprint density at radius 3 is 2.60 bits per heavy atom. The highest BCUT2D eigenvalue weighted by Crippen LogP contribution is 2.14. The monoisotopic (exact) mass is 367 g/mol. The molecule has 0 bridgehead atoms. The Morgan fingerprint density at radius 1 is 1.36 bits per heavy atom. The van der Waals surface area contributed by atoms with Crippen LogP contribution >= 0.6 is 11.6 Å². The third-order valence-electron chi connectivity index (χ3n) is 3.85. The van der Waals surface area contributed by atoms with E-state index in [0.717, 1.165) is 5.71 Å². The predicted molar refractivity (Wildman–Crippen MR) is 94.3 cm³/mol. The number of carbonyl (C=O) groups excluding carboxylic acids is 2. The molecule has 0 spiro atoms. The average Bonchev–Trinajstić information content (AvgIpc) is 2.45. The van der Waals surface area contributed by atoms with E-state index < -0.39 is 5.60 Å². The second-order valence-corrected chi connectivity index (χ2v) is 7.51. The van der Waals surface area contributed by atoms with Crippen LogP contribution in [0.4, 0.5) is 4.79 Å². The predicted octanol–water partition coefficient (Wildman–Crippen LogP) is 2.74. The van der Waals surface area contributed by atoms with Gasteiger partial charge in [-0.05, 0) is 39.3 Å². The first-order valence-corrected chi connectivity index (χ1v) is 8.57. The summed E-state index contributed by atoms with van der Waals surface area (Å²) in [6.45, 7) is 9.60. The zero-order valence-corrected chi connectivity index (χ0v) is 16.0. The number of halogens is 1. The quantitative estimate of drug-likeness (QED) is 0.641. The van der Waals surface area contributed by atoms with Gasteiger partial charge in [0.2, 0.25) is 5.28 Å². The summed E-state index contributed by atoms with van der Waals surface area (Å²) in [6.07, 6.45) is 2.30. The largest absolute Gasteiger partial charge is 0.596 e. The third kappa shape index (κ3) is 5.22. The molecule has 0 fully saturated rings. The van der Waals surface area contributed by atoms with Gasteiger partial charge in [0.25, 0.3) is 5.91 Å². The van der Waals surface area contributed by atoms with Crippen LogP contribution in [0.25, 0.3) is 0 Å². The topological polar surface area (TPSA) is 84.2 Å². The van der Waals surface area contributed by atoms with E-state index in [0.29, 0.717) is 30.6 Å². The van der Waals surface area contributed by atoms with Crippen LogP contribution in [0.3, 0.4) is 0 Å². The Bertz CT molecular complexity index is 725. The molecule has 1 aromatic rings. The van der Waals surface area contributed by atoms with Crippen LogP contribution in [0.2, 0.25) is 5.28 Å². The Kier molecular flexibility index (Phi) is 5.77. The van der Waals surface area contributed by atoms with Crippen molar-refractivity contribution in [2.75, 3.05) is 6.54 Å². The minimum Gasteiger partial charge on any atom is -0.406 e. The van der Waals surface area contributed by atoms with Gasteiger partial charge >= 0.3 is 6.09 Å². The minimum absolute atomic E-state index is 0.0544. The van der Waals surface area contributed by atoms with Crippen LogP contribution in [0.5, 0.6) is 0 Å². The van der Waals surface area contributed by atoms with Crippen LogP contribution in [0, 0.1) is 6.92 Å². The molecule has 1 atom stereocenters. The number of aromatic nitrogens is 2. The summed E-state index contributed by atoms with van der Waals surface area (Å²) in [4.78, 5) is 32.5. The van der Waals surface area contributed by atoms with E-state index in [1.807, 2.05) is 27.7 Å². The van der Waals surface area contributed by atoms with Crippen molar-refractivity contribution >= 4 is 29.3 Å². The van der Waals surface area contributed by atoms with Crippen LogP contribution in [-0.4, -0.2) is 50.4 Å². The first-order valence-electron chi connectivity index (χ1n) is 8.20. The van der Waals surface area contributed by atoms with Gasteiger partial charge in [0.1, 0.15) is 5.60 Å². The maximum Gasteiger partial charge on any atom is 0.596 e. The lowest BCUT2D eigenvalue weighted by Gasteiger charge is -2.23. The molecule has 7 nitrogen and oxygen atoms in total. The summed E-state index contributed by atoms with van der Waals surface area (Å²) in [5, 5.41) is 3.09. The summed E-state index contributed by atoms with van der Waals surface area (Å²) in [5.41, 5.74) is 1.27. The van der Waals surface area contributed by atoms with Crippen molar-refractivity contribution in [3.05, 3.63) is 22.7 Å². The van der Waals surface area contributed by atoms with Gasteiger partial charge in [-0.25, -0.2) is 9.97 Å². The van der Waals surface area contributed by atoms with Crippen LogP contribution < -0.4 is 5.32 Å². The lowest BCUT2D eigenvalue weighted by molar-refractivity contribution is -0.458. The van der Waals surface area contributed by atoms with Gasteiger partial charge in [-0.15, -0.1) is 4.58 Å². The Hall–Kier alpha value is -2.02. The SMILES string of the molecule is CC1=[N+](C(=O)OC(C)(C)C)CC[C@H](NC(=O)c2cnc(Cl)nc2C)C1. The zero-order chi connectivity index (χ0) is 18.8. The number of nitrogens with one attached hydrogen (secondary N) is 1. The molecule has 2 heterocycles. The number of rotatable bonds is 2. The molecule has 25 heavy (non-hydrogen) atoms. The van der Waals surface area contributed by atoms with Crippen LogP contribution in [-0.2, 0) is 4.74 Å². The zero-order valence-electron chi connectivity index (χ0n) is 15.2. The fraction of sp³-hybridized carbons (Fsp3) is 0.588. The number of amides is 2. The highest BCUT2D eigenvalue weighted by molar-refractivity contribution is 6.28. The first kappa shape index (κ1) is 19.3. The van der Waals surface area contributed by atoms with Gasteiger partial charge in [0, 0.05) is 32.0 Å². The van der Waals surface area contributed by atoms with Crippen molar-refractivity contribution in [2.45, 2.75) is 59.1 Å². The van der Waals surface area contributed by atoms with Crippen molar-refractivity contribution in [1.29, 1.82) is 0 Å². The van der Waals surface area contributed by atoms with Crippen LogP contribution in [0.15, 0.2) is 6.20 Å². The van der Waals surface area contributed by atoms with E-state index in [1.54, 1.807) is 11.5 Å². The molecule has 1 N–H and O–H groups in total. The Labute approximate surface area is 152 Å². The molecule has 2 rings (SSSR count). The standard InChI is InChI=1S/C17H23ClN4O3/c1-10-8-12(6-7-22(10)16(24)25-17(3,4)5)21-14(23)13-9-19-15(18)20-11(13)2/h9,12H,6-8H2,1-5H3/p+1/t12-/m0/s1. The molecular formula is C17H24ClN4O3+. The summed E-state index contributed by atoms with van der Waals surface area (Å²) < 4.78 is 7.04. The summed E-state index contributed by atoms with van der Waals surface area (Å²) in [5.74, 6) is -0.238. The normalized spacial score (nSPS) is 18.1. The first-order chi connectivity index (χ1) is 11.6. The number of hydrogen-bond acceptors (Lipinski definition) is 5. The highest BCUT2D eigenvalue weighted by atomic mass is 35.5. The van der Waals surface area contributed by atoms with Gasteiger partial charge in [0.15, 0.2) is 12.3 Å². The van der Waals surface area contributed by atoms with Crippen molar-refractivity contribution < 1.29 is 18.9 Å². The van der Waals surface area contributed by atoms with E-state index in [2.05, 4.69) is 15.3 Å². The molecule has 1 aliphatic rings. The lowest BCUT2D eigenvalue weighted by atomic mass is 10.0. The molecular weight excluding hydrogens is 344 g/mol. The molecule has 0 aromatic carbocycles. The van der Waals surface area contributed by atoms with E-state index in [-0.39, 0.29) is 23.3 Å². The van der Waals surface area contributed by atoms with E-state index in [4.69, 9.17) is 16.3 Å².